The molecule has 3 heteroatoms. The molecule has 1 aromatic heterocycles. The Balaban J connectivity index is 1.97. The molecule has 0 saturated carbocycles. The molecule has 3 nitrogen and oxygen atoms in total. The van der Waals surface area contributed by atoms with Crippen LogP contribution in [0, 0.1) is 0 Å². The van der Waals surface area contributed by atoms with Gasteiger partial charge < -0.3 is 5.11 Å². The van der Waals surface area contributed by atoms with Gasteiger partial charge in [0.1, 0.15) is 0 Å². The molecule has 0 aromatic carbocycles. The lowest BCUT2D eigenvalue weighted by molar-refractivity contribution is 0.0695. The Labute approximate surface area is 141 Å². The third-order valence-corrected chi connectivity index (χ3v) is 4.44. The average molecular weight is 319 g/mol. The summed E-state index contributed by atoms with van der Waals surface area (Å²) in [5.41, 5.74) is 1.27. The molecule has 0 aliphatic heterocycles. The summed E-state index contributed by atoms with van der Waals surface area (Å²) in [6, 6.07) is 1.84. The van der Waals surface area contributed by atoms with Crippen molar-refractivity contribution in [3.63, 3.8) is 0 Å². The largest absolute Gasteiger partial charge is 0.478 e. The van der Waals surface area contributed by atoms with Crippen LogP contribution in [0.3, 0.4) is 0 Å². The number of aryl methyl sites for hydroxylation is 1. The van der Waals surface area contributed by atoms with Crippen LogP contribution < -0.4 is 0 Å². The molecule has 0 spiro atoms. The van der Waals surface area contributed by atoms with Gasteiger partial charge in [-0.3, -0.25) is 4.98 Å². The number of pyridine rings is 1. The maximum absolute atomic E-state index is 11.1. The van der Waals surface area contributed by atoms with Gasteiger partial charge >= 0.3 is 5.97 Å². The molecular weight excluding hydrogens is 286 g/mol. The lowest BCUT2D eigenvalue weighted by Crippen LogP contribution is -2.03. The van der Waals surface area contributed by atoms with Gasteiger partial charge in [-0.2, -0.15) is 0 Å². The van der Waals surface area contributed by atoms with Crippen LogP contribution in [0.4, 0.5) is 0 Å². The Kier molecular flexibility index (Phi) is 11.2. The molecule has 0 bridgehead atoms. The number of carboxylic acid groups (broad SMARTS) is 1. The normalized spacial score (nSPS) is 10.8. The molecular formula is C20H33NO2. The Morgan fingerprint density at radius 3 is 1.96 bits per heavy atom. The summed E-state index contributed by atoms with van der Waals surface area (Å²) >= 11 is 0. The standard InChI is InChI=1S/C20H33NO2/c1-2-3-4-5-6-7-8-9-10-11-12-13-14-18-15-16-21-17-19(18)20(22)23/h15-17H,2-14H2,1H3,(H,22,23). The van der Waals surface area contributed by atoms with Crippen LogP contribution >= 0.6 is 0 Å². The van der Waals surface area contributed by atoms with Crippen LogP contribution in [0.2, 0.25) is 0 Å². The molecule has 0 unspecified atom stereocenters. The van der Waals surface area contributed by atoms with Crippen molar-refractivity contribution < 1.29 is 9.90 Å². The number of aromatic carboxylic acids is 1. The molecule has 0 fully saturated rings. The van der Waals surface area contributed by atoms with E-state index >= 15 is 0 Å². The van der Waals surface area contributed by atoms with Gasteiger partial charge in [-0.05, 0) is 24.5 Å². The Hall–Kier alpha value is -1.38. The number of hydrogen-bond donors (Lipinski definition) is 1. The number of carboxylic acids is 1. The van der Waals surface area contributed by atoms with Crippen molar-refractivity contribution in [2.24, 2.45) is 0 Å². The molecule has 0 amide bonds. The van der Waals surface area contributed by atoms with Gasteiger partial charge in [0.2, 0.25) is 0 Å². The van der Waals surface area contributed by atoms with Crippen LogP contribution in [0.15, 0.2) is 18.5 Å². The zero-order valence-corrected chi connectivity index (χ0v) is 14.7. The second-order valence-electron chi connectivity index (χ2n) is 6.48. The summed E-state index contributed by atoms with van der Waals surface area (Å²) < 4.78 is 0. The lowest BCUT2D eigenvalue weighted by Gasteiger charge is -2.05. The van der Waals surface area contributed by atoms with Gasteiger partial charge in [-0.25, -0.2) is 4.79 Å². The van der Waals surface area contributed by atoms with E-state index in [1.54, 1.807) is 6.20 Å². The van der Waals surface area contributed by atoms with E-state index in [4.69, 9.17) is 5.11 Å². The fraction of sp³-hybridized carbons (Fsp3) is 0.700. The average Bonchev–Trinajstić information content (AvgIpc) is 2.56. The third-order valence-electron chi connectivity index (χ3n) is 4.44. The fourth-order valence-corrected chi connectivity index (χ4v) is 2.99. The molecule has 1 heterocycles. The second-order valence-corrected chi connectivity index (χ2v) is 6.48. The third kappa shape index (κ3) is 9.37. The van der Waals surface area contributed by atoms with Gasteiger partial charge in [0.15, 0.2) is 0 Å². The maximum Gasteiger partial charge on any atom is 0.337 e. The zero-order valence-electron chi connectivity index (χ0n) is 14.7. The number of aromatic nitrogens is 1. The summed E-state index contributed by atoms with van der Waals surface area (Å²) in [5.74, 6) is -0.868. The van der Waals surface area contributed by atoms with Crippen molar-refractivity contribution in [2.45, 2.75) is 90.4 Å². The molecule has 1 rings (SSSR count). The summed E-state index contributed by atoms with van der Waals surface area (Å²) in [4.78, 5) is 15.0. The quantitative estimate of drug-likeness (QED) is 0.426. The monoisotopic (exact) mass is 319 g/mol. The Bertz CT molecular complexity index is 431. The van der Waals surface area contributed by atoms with E-state index < -0.39 is 5.97 Å². The van der Waals surface area contributed by atoms with Crippen molar-refractivity contribution in [1.82, 2.24) is 4.98 Å². The van der Waals surface area contributed by atoms with Crippen molar-refractivity contribution in [3.05, 3.63) is 29.6 Å². The van der Waals surface area contributed by atoms with Gasteiger partial charge in [-0.1, -0.05) is 77.6 Å². The summed E-state index contributed by atoms with van der Waals surface area (Å²) in [6.45, 7) is 2.26. The molecule has 0 saturated heterocycles. The van der Waals surface area contributed by atoms with Gasteiger partial charge in [0.25, 0.3) is 0 Å². The minimum atomic E-state index is -0.868. The maximum atomic E-state index is 11.1. The second kappa shape index (κ2) is 13.1. The topological polar surface area (TPSA) is 50.2 Å². The molecule has 23 heavy (non-hydrogen) atoms. The molecule has 0 aliphatic carbocycles. The van der Waals surface area contributed by atoms with Crippen LogP contribution in [0.5, 0.6) is 0 Å². The molecule has 130 valence electrons. The fourth-order valence-electron chi connectivity index (χ4n) is 2.99. The van der Waals surface area contributed by atoms with E-state index in [9.17, 15) is 4.79 Å². The van der Waals surface area contributed by atoms with Crippen LogP contribution in [-0.4, -0.2) is 16.1 Å². The van der Waals surface area contributed by atoms with Crippen LogP contribution in [-0.2, 0) is 6.42 Å². The molecule has 1 aromatic rings. The molecule has 0 radical (unpaired) electrons. The highest BCUT2D eigenvalue weighted by molar-refractivity contribution is 5.88. The van der Waals surface area contributed by atoms with Crippen LogP contribution in [0.1, 0.15) is 99.9 Å². The van der Waals surface area contributed by atoms with E-state index in [2.05, 4.69) is 11.9 Å². The minimum Gasteiger partial charge on any atom is -0.478 e. The van der Waals surface area contributed by atoms with Crippen molar-refractivity contribution in [3.8, 4) is 0 Å². The predicted molar refractivity (Wildman–Crippen MR) is 96.0 cm³/mol. The molecule has 0 atom stereocenters. The first-order chi connectivity index (χ1) is 11.3. The predicted octanol–water partition coefficient (Wildman–Crippen LogP) is 6.02. The van der Waals surface area contributed by atoms with Crippen molar-refractivity contribution in [1.29, 1.82) is 0 Å². The van der Waals surface area contributed by atoms with E-state index in [1.807, 2.05) is 6.07 Å². The van der Waals surface area contributed by atoms with Crippen molar-refractivity contribution >= 4 is 5.97 Å². The lowest BCUT2D eigenvalue weighted by atomic mass is 10.0. The van der Waals surface area contributed by atoms with E-state index in [0.717, 1.165) is 18.4 Å². The van der Waals surface area contributed by atoms with Gasteiger partial charge in [0.05, 0.1) is 5.56 Å². The highest BCUT2D eigenvalue weighted by Crippen LogP contribution is 2.14. The number of hydrogen-bond acceptors (Lipinski definition) is 2. The van der Waals surface area contributed by atoms with E-state index in [-0.39, 0.29) is 0 Å². The smallest absolute Gasteiger partial charge is 0.337 e. The molecule has 0 aliphatic rings. The van der Waals surface area contributed by atoms with E-state index in [1.165, 1.54) is 76.8 Å². The first kappa shape index (κ1) is 19.7. The summed E-state index contributed by atoms with van der Waals surface area (Å²) in [6.07, 6.45) is 19.9. The number of nitrogens with zero attached hydrogens (tertiary/aromatic N) is 1. The highest BCUT2D eigenvalue weighted by atomic mass is 16.4. The summed E-state index contributed by atoms with van der Waals surface area (Å²) in [7, 11) is 0. The van der Waals surface area contributed by atoms with E-state index in [0.29, 0.717) is 5.56 Å². The SMILES string of the molecule is CCCCCCCCCCCCCCc1ccncc1C(=O)O. The molecule has 1 N–H and O–H groups in total. The van der Waals surface area contributed by atoms with Crippen LogP contribution in [0.25, 0.3) is 0 Å². The number of rotatable bonds is 14. The van der Waals surface area contributed by atoms with Gasteiger partial charge in [-0.15, -0.1) is 0 Å². The minimum absolute atomic E-state index is 0.357. The van der Waals surface area contributed by atoms with Crippen molar-refractivity contribution in [2.75, 3.05) is 0 Å². The van der Waals surface area contributed by atoms with Gasteiger partial charge in [0, 0.05) is 12.4 Å². The Morgan fingerprint density at radius 1 is 0.913 bits per heavy atom. The number of carbonyl (C=O) groups is 1. The highest BCUT2D eigenvalue weighted by Gasteiger charge is 2.08. The first-order valence-corrected chi connectivity index (χ1v) is 9.42. The summed E-state index contributed by atoms with van der Waals surface area (Å²) in [5, 5.41) is 9.12. The zero-order chi connectivity index (χ0) is 16.8. The number of unbranched alkanes of at least 4 members (excludes halogenated alkanes) is 11. The first-order valence-electron chi connectivity index (χ1n) is 9.42. The Morgan fingerprint density at radius 2 is 1.43 bits per heavy atom.